The Morgan fingerprint density at radius 1 is 1.05 bits per heavy atom. The zero-order valence-electron chi connectivity index (χ0n) is 11.3. The van der Waals surface area contributed by atoms with Crippen LogP contribution in [0.1, 0.15) is 24.2 Å². The van der Waals surface area contributed by atoms with E-state index in [0.717, 1.165) is 17.7 Å². The van der Waals surface area contributed by atoms with Gasteiger partial charge in [-0.2, -0.15) is 0 Å². The van der Waals surface area contributed by atoms with Crippen molar-refractivity contribution in [1.82, 2.24) is 0 Å². The second kappa shape index (κ2) is 7.09. The SMILES string of the molecule is C[C@H]([NH2+]Cc1ccc(Cl)c(Cl)c1)[C@@H](O)c1ccccc1. The van der Waals surface area contributed by atoms with Crippen LogP contribution in [0.5, 0.6) is 0 Å². The van der Waals surface area contributed by atoms with E-state index in [1.807, 2.05) is 49.4 Å². The van der Waals surface area contributed by atoms with Crippen LogP contribution in [-0.2, 0) is 6.54 Å². The number of benzene rings is 2. The topological polar surface area (TPSA) is 36.8 Å². The Balaban J connectivity index is 1.94. The highest BCUT2D eigenvalue weighted by Crippen LogP contribution is 2.22. The molecule has 20 heavy (non-hydrogen) atoms. The Kier molecular flexibility index (Phi) is 5.44. The number of quaternary nitrogens is 1. The third-order valence-electron chi connectivity index (χ3n) is 3.35. The van der Waals surface area contributed by atoms with Crippen LogP contribution in [0.3, 0.4) is 0 Å². The number of rotatable bonds is 5. The first-order chi connectivity index (χ1) is 9.58. The summed E-state index contributed by atoms with van der Waals surface area (Å²) in [6.45, 7) is 2.76. The molecule has 0 aliphatic rings. The molecule has 2 rings (SSSR count). The summed E-state index contributed by atoms with van der Waals surface area (Å²) in [5.74, 6) is 0. The molecule has 0 amide bonds. The van der Waals surface area contributed by atoms with E-state index in [1.165, 1.54) is 0 Å². The first-order valence-electron chi connectivity index (χ1n) is 6.58. The normalized spacial score (nSPS) is 14.0. The lowest BCUT2D eigenvalue weighted by Crippen LogP contribution is -2.88. The van der Waals surface area contributed by atoms with E-state index in [1.54, 1.807) is 6.07 Å². The molecule has 0 aliphatic carbocycles. The van der Waals surface area contributed by atoms with Crippen LogP contribution >= 0.6 is 23.2 Å². The Morgan fingerprint density at radius 2 is 1.75 bits per heavy atom. The summed E-state index contributed by atoms with van der Waals surface area (Å²) >= 11 is 11.9. The summed E-state index contributed by atoms with van der Waals surface area (Å²) < 4.78 is 0. The monoisotopic (exact) mass is 310 g/mol. The van der Waals surface area contributed by atoms with Crippen LogP contribution in [0.25, 0.3) is 0 Å². The second-order valence-corrected chi connectivity index (χ2v) is 5.72. The molecule has 3 N–H and O–H groups in total. The van der Waals surface area contributed by atoms with Crippen molar-refractivity contribution in [2.24, 2.45) is 0 Å². The van der Waals surface area contributed by atoms with Crippen molar-refractivity contribution in [3.8, 4) is 0 Å². The van der Waals surface area contributed by atoms with Gasteiger partial charge in [-0.3, -0.25) is 0 Å². The van der Waals surface area contributed by atoms with Gasteiger partial charge in [-0.25, -0.2) is 0 Å². The molecule has 0 heterocycles. The number of aliphatic hydroxyl groups is 1. The van der Waals surface area contributed by atoms with Crippen LogP contribution in [0, 0.1) is 0 Å². The molecule has 0 saturated carbocycles. The Morgan fingerprint density at radius 3 is 2.40 bits per heavy atom. The molecule has 106 valence electrons. The number of aliphatic hydroxyl groups excluding tert-OH is 1. The predicted molar refractivity (Wildman–Crippen MR) is 83.0 cm³/mol. The minimum Gasteiger partial charge on any atom is -0.382 e. The van der Waals surface area contributed by atoms with Crippen molar-refractivity contribution in [3.05, 3.63) is 69.7 Å². The van der Waals surface area contributed by atoms with E-state index in [0.29, 0.717) is 10.0 Å². The van der Waals surface area contributed by atoms with E-state index >= 15 is 0 Å². The molecule has 0 aliphatic heterocycles. The van der Waals surface area contributed by atoms with Crippen LogP contribution in [0.2, 0.25) is 10.0 Å². The summed E-state index contributed by atoms with van der Waals surface area (Å²) in [7, 11) is 0. The summed E-state index contributed by atoms with van der Waals surface area (Å²) in [5.41, 5.74) is 2.02. The van der Waals surface area contributed by atoms with Gasteiger partial charge in [0.25, 0.3) is 0 Å². The molecule has 0 spiro atoms. The molecule has 2 aromatic carbocycles. The molecular formula is C16H18Cl2NO+. The first kappa shape index (κ1) is 15.3. The molecule has 4 heteroatoms. The highest BCUT2D eigenvalue weighted by molar-refractivity contribution is 6.42. The van der Waals surface area contributed by atoms with Crippen LogP contribution in [-0.4, -0.2) is 11.1 Å². The maximum Gasteiger partial charge on any atom is 0.130 e. The molecule has 2 aromatic rings. The Hall–Kier alpha value is -1.06. The molecular weight excluding hydrogens is 293 g/mol. The zero-order chi connectivity index (χ0) is 14.5. The third-order valence-corrected chi connectivity index (χ3v) is 4.09. The van der Waals surface area contributed by atoms with E-state index in [4.69, 9.17) is 23.2 Å². The highest BCUT2D eigenvalue weighted by atomic mass is 35.5. The van der Waals surface area contributed by atoms with E-state index in [2.05, 4.69) is 5.32 Å². The number of nitrogens with two attached hydrogens (primary N) is 1. The predicted octanol–water partition coefficient (Wildman–Crippen LogP) is 3.18. The zero-order valence-corrected chi connectivity index (χ0v) is 12.8. The third kappa shape index (κ3) is 3.97. The fraction of sp³-hybridized carbons (Fsp3) is 0.250. The number of halogens is 2. The molecule has 0 saturated heterocycles. The van der Waals surface area contributed by atoms with E-state index in [-0.39, 0.29) is 6.04 Å². The highest BCUT2D eigenvalue weighted by Gasteiger charge is 2.18. The largest absolute Gasteiger partial charge is 0.382 e. The lowest BCUT2D eigenvalue weighted by molar-refractivity contribution is -0.709. The molecule has 2 nitrogen and oxygen atoms in total. The summed E-state index contributed by atoms with van der Waals surface area (Å²) in [6.07, 6.45) is -0.487. The molecule has 0 fully saturated rings. The van der Waals surface area contributed by atoms with Gasteiger partial charge in [0.1, 0.15) is 18.7 Å². The van der Waals surface area contributed by atoms with Crippen LogP contribution in [0.15, 0.2) is 48.5 Å². The fourth-order valence-electron chi connectivity index (χ4n) is 2.07. The summed E-state index contributed by atoms with van der Waals surface area (Å²) in [4.78, 5) is 0. The van der Waals surface area contributed by atoms with Gasteiger partial charge in [-0.1, -0.05) is 59.6 Å². The van der Waals surface area contributed by atoms with Gasteiger partial charge in [-0.05, 0) is 24.6 Å². The van der Waals surface area contributed by atoms with Gasteiger partial charge < -0.3 is 10.4 Å². The smallest absolute Gasteiger partial charge is 0.130 e. The van der Waals surface area contributed by atoms with Gasteiger partial charge >= 0.3 is 0 Å². The number of hydrogen-bond acceptors (Lipinski definition) is 1. The summed E-state index contributed by atoms with van der Waals surface area (Å²) in [5, 5.41) is 13.5. The van der Waals surface area contributed by atoms with E-state index < -0.39 is 6.10 Å². The van der Waals surface area contributed by atoms with Gasteiger partial charge in [0.2, 0.25) is 0 Å². The first-order valence-corrected chi connectivity index (χ1v) is 7.34. The Labute approximate surface area is 129 Å². The maximum absolute atomic E-state index is 10.3. The fourth-order valence-corrected chi connectivity index (χ4v) is 2.39. The van der Waals surface area contributed by atoms with Crippen molar-refractivity contribution < 1.29 is 10.4 Å². The van der Waals surface area contributed by atoms with Gasteiger partial charge in [-0.15, -0.1) is 0 Å². The van der Waals surface area contributed by atoms with Crippen LogP contribution in [0.4, 0.5) is 0 Å². The van der Waals surface area contributed by atoms with Crippen molar-refractivity contribution in [2.75, 3.05) is 0 Å². The number of hydrogen-bond donors (Lipinski definition) is 2. The van der Waals surface area contributed by atoms with Crippen LogP contribution < -0.4 is 5.32 Å². The maximum atomic E-state index is 10.3. The molecule has 0 bridgehead atoms. The quantitative estimate of drug-likeness (QED) is 0.874. The lowest BCUT2D eigenvalue weighted by Gasteiger charge is -2.18. The molecule has 0 unspecified atom stereocenters. The second-order valence-electron chi connectivity index (χ2n) is 4.90. The van der Waals surface area contributed by atoms with Crippen molar-refractivity contribution >= 4 is 23.2 Å². The Bertz CT molecular complexity index is 560. The minimum absolute atomic E-state index is 0.0619. The standard InChI is InChI=1S/C16H17Cl2NO/c1-11(16(20)13-5-3-2-4-6-13)19-10-12-7-8-14(17)15(18)9-12/h2-9,11,16,19-20H,10H2,1H3/p+1/t11-,16+/m0/s1. The lowest BCUT2D eigenvalue weighted by atomic mass is 10.0. The van der Waals surface area contributed by atoms with E-state index in [9.17, 15) is 5.11 Å². The van der Waals surface area contributed by atoms with Gasteiger partial charge in [0.05, 0.1) is 10.0 Å². The van der Waals surface area contributed by atoms with Crippen molar-refractivity contribution in [3.63, 3.8) is 0 Å². The molecule has 2 atom stereocenters. The van der Waals surface area contributed by atoms with Crippen molar-refractivity contribution in [2.45, 2.75) is 25.6 Å². The van der Waals surface area contributed by atoms with Crippen molar-refractivity contribution in [1.29, 1.82) is 0 Å². The average Bonchev–Trinajstić information content (AvgIpc) is 2.48. The molecule has 0 aromatic heterocycles. The van der Waals surface area contributed by atoms with Gasteiger partial charge in [0, 0.05) is 5.56 Å². The summed E-state index contributed by atoms with van der Waals surface area (Å²) in [6, 6.07) is 15.4. The van der Waals surface area contributed by atoms with Gasteiger partial charge in [0.15, 0.2) is 0 Å². The molecule has 0 radical (unpaired) electrons. The average molecular weight is 311 g/mol. The minimum atomic E-state index is -0.487.